The van der Waals surface area contributed by atoms with E-state index in [1.807, 2.05) is 0 Å². The molecule has 0 saturated heterocycles. The van der Waals surface area contributed by atoms with E-state index in [4.69, 9.17) is 4.74 Å². The molecule has 0 fully saturated rings. The fraction of sp³-hybridized carbons (Fsp3) is 0.647. The van der Waals surface area contributed by atoms with Gasteiger partial charge in [-0.15, -0.1) is 0 Å². The van der Waals surface area contributed by atoms with Gasteiger partial charge in [-0.25, -0.2) is 0 Å². The molecule has 1 rings (SSSR count). The number of ether oxygens (including phenoxy) is 1. The van der Waals surface area contributed by atoms with Crippen molar-refractivity contribution in [1.82, 2.24) is 5.32 Å². The fourth-order valence-corrected chi connectivity index (χ4v) is 2.20. The summed E-state index contributed by atoms with van der Waals surface area (Å²) in [5.41, 5.74) is 1.36. The van der Waals surface area contributed by atoms with Crippen LogP contribution in [0.1, 0.15) is 52.0 Å². The normalized spacial score (nSPS) is 12.8. The van der Waals surface area contributed by atoms with E-state index in [2.05, 4.69) is 56.4 Å². The first-order valence-electron chi connectivity index (χ1n) is 7.62. The van der Waals surface area contributed by atoms with Crippen molar-refractivity contribution >= 4 is 0 Å². The van der Waals surface area contributed by atoms with E-state index in [1.165, 1.54) is 24.8 Å². The lowest BCUT2D eigenvalue weighted by Crippen LogP contribution is -2.18. The molecule has 0 aromatic heterocycles. The summed E-state index contributed by atoms with van der Waals surface area (Å²) >= 11 is 0. The third kappa shape index (κ3) is 8.02. The minimum absolute atomic E-state index is 0.348. The predicted molar refractivity (Wildman–Crippen MR) is 82.3 cm³/mol. The highest BCUT2D eigenvalue weighted by atomic mass is 16.5. The first-order chi connectivity index (χ1) is 9.22. The first-order valence-corrected chi connectivity index (χ1v) is 7.62. The van der Waals surface area contributed by atoms with Crippen LogP contribution in [0.3, 0.4) is 0 Å². The topological polar surface area (TPSA) is 21.3 Å². The van der Waals surface area contributed by atoms with Gasteiger partial charge in [0.25, 0.3) is 0 Å². The van der Waals surface area contributed by atoms with Gasteiger partial charge in [-0.2, -0.15) is 0 Å². The van der Waals surface area contributed by atoms with Crippen LogP contribution in [0.15, 0.2) is 30.3 Å². The average Bonchev–Trinajstić information content (AvgIpc) is 2.42. The standard InChI is InChI=1S/C17H29NO/c1-4-17(19-15(2)3)12-8-9-13-18-14-16-10-6-5-7-11-16/h5-7,10-11,15,17-18H,4,8-9,12-14H2,1-3H3. The highest BCUT2D eigenvalue weighted by molar-refractivity contribution is 5.14. The monoisotopic (exact) mass is 263 g/mol. The summed E-state index contributed by atoms with van der Waals surface area (Å²) in [5, 5.41) is 3.49. The lowest BCUT2D eigenvalue weighted by molar-refractivity contribution is 0.000149. The molecule has 0 aliphatic carbocycles. The van der Waals surface area contributed by atoms with E-state index in [-0.39, 0.29) is 0 Å². The summed E-state index contributed by atoms with van der Waals surface area (Å²) in [7, 11) is 0. The molecule has 19 heavy (non-hydrogen) atoms. The fourth-order valence-electron chi connectivity index (χ4n) is 2.20. The Morgan fingerprint density at radius 1 is 1.11 bits per heavy atom. The van der Waals surface area contributed by atoms with Crippen LogP contribution in [-0.2, 0) is 11.3 Å². The van der Waals surface area contributed by atoms with Gasteiger partial charge in [0, 0.05) is 6.54 Å². The molecule has 0 amide bonds. The number of hydrogen-bond donors (Lipinski definition) is 1. The van der Waals surface area contributed by atoms with Crippen molar-refractivity contribution in [2.75, 3.05) is 6.54 Å². The van der Waals surface area contributed by atoms with Crippen molar-refractivity contribution in [3.8, 4) is 0 Å². The van der Waals surface area contributed by atoms with Crippen LogP contribution < -0.4 is 5.32 Å². The van der Waals surface area contributed by atoms with E-state index in [9.17, 15) is 0 Å². The predicted octanol–water partition coefficient (Wildman–Crippen LogP) is 4.15. The van der Waals surface area contributed by atoms with Crippen LogP contribution in [0.25, 0.3) is 0 Å². The summed E-state index contributed by atoms with van der Waals surface area (Å²) in [5.74, 6) is 0. The Balaban J connectivity index is 2.01. The maximum absolute atomic E-state index is 5.85. The number of hydrogen-bond acceptors (Lipinski definition) is 2. The zero-order valence-electron chi connectivity index (χ0n) is 12.7. The molecule has 2 nitrogen and oxygen atoms in total. The largest absolute Gasteiger partial charge is 0.376 e. The van der Waals surface area contributed by atoms with Gasteiger partial charge in [0.1, 0.15) is 0 Å². The van der Waals surface area contributed by atoms with Gasteiger partial charge < -0.3 is 10.1 Å². The number of nitrogens with one attached hydrogen (secondary N) is 1. The van der Waals surface area contributed by atoms with E-state index in [0.29, 0.717) is 12.2 Å². The first kappa shape index (κ1) is 16.2. The number of rotatable bonds is 10. The Labute approximate surface area is 118 Å². The Bertz CT molecular complexity index is 310. The number of benzene rings is 1. The van der Waals surface area contributed by atoms with Crippen LogP contribution >= 0.6 is 0 Å². The van der Waals surface area contributed by atoms with Gasteiger partial charge in [-0.05, 0) is 51.6 Å². The maximum atomic E-state index is 5.85. The van der Waals surface area contributed by atoms with Gasteiger partial charge in [0.2, 0.25) is 0 Å². The second kappa shape index (κ2) is 9.99. The van der Waals surface area contributed by atoms with Crippen molar-refractivity contribution in [1.29, 1.82) is 0 Å². The van der Waals surface area contributed by atoms with Gasteiger partial charge in [0.05, 0.1) is 12.2 Å². The Morgan fingerprint density at radius 2 is 1.84 bits per heavy atom. The molecule has 1 unspecified atom stereocenters. The van der Waals surface area contributed by atoms with Crippen LogP contribution in [-0.4, -0.2) is 18.8 Å². The average molecular weight is 263 g/mol. The molecule has 0 aliphatic heterocycles. The Morgan fingerprint density at radius 3 is 2.47 bits per heavy atom. The van der Waals surface area contributed by atoms with Crippen LogP contribution in [0.2, 0.25) is 0 Å². The van der Waals surface area contributed by atoms with Crippen molar-refractivity contribution in [3.63, 3.8) is 0 Å². The summed E-state index contributed by atoms with van der Waals surface area (Å²) < 4.78 is 5.85. The maximum Gasteiger partial charge on any atom is 0.0576 e. The van der Waals surface area contributed by atoms with Crippen LogP contribution in [0, 0.1) is 0 Å². The number of unbranched alkanes of at least 4 members (excludes halogenated alkanes) is 1. The molecule has 1 aromatic carbocycles. The molecule has 2 heteroatoms. The van der Waals surface area contributed by atoms with Crippen molar-refractivity contribution < 1.29 is 4.74 Å². The van der Waals surface area contributed by atoms with E-state index >= 15 is 0 Å². The minimum Gasteiger partial charge on any atom is -0.376 e. The van der Waals surface area contributed by atoms with Crippen LogP contribution in [0.5, 0.6) is 0 Å². The molecular formula is C17H29NO. The van der Waals surface area contributed by atoms with E-state index < -0.39 is 0 Å². The lowest BCUT2D eigenvalue weighted by atomic mass is 10.1. The minimum atomic E-state index is 0.348. The molecule has 1 aromatic rings. The summed E-state index contributed by atoms with van der Waals surface area (Å²) in [6.45, 7) is 8.50. The van der Waals surface area contributed by atoms with Crippen molar-refractivity contribution in [3.05, 3.63) is 35.9 Å². The highest BCUT2D eigenvalue weighted by Crippen LogP contribution is 2.10. The van der Waals surface area contributed by atoms with Gasteiger partial charge in [-0.3, -0.25) is 0 Å². The van der Waals surface area contributed by atoms with Gasteiger partial charge >= 0.3 is 0 Å². The Kier molecular flexibility index (Phi) is 8.52. The van der Waals surface area contributed by atoms with E-state index in [0.717, 1.165) is 19.5 Å². The van der Waals surface area contributed by atoms with Gasteiger partial charge in [0.15, 0.2) is 0 Å². The van der Waals surface area contributed by atoms with Crippen LogP contribution in [0.4, 0.5) is 0 Å². The quantitative estimate of drug-likeness (QED) is 0.640. The van der Waals surface area contributed by atoms with E-state index in [1.54, 1.807) is 0 Å². The smallest absolute Gasteiger partial charge is 0.0576 e. The third-order valence-electron chi connectivity index (χ3n) is 3.22. The molecule has 0 aliphatic rings. The second-order valence-electron chi connectivity index (χ2n) is 5.37. The van der Waals surface area contributed by atoms with Gasteiger partial charge in [-0.1, -0.05) is 37.3 Å². The molecule has 1 atom stereocenters. The molecule has 1 N–H and O–H groups in total. The molecule has 0 saturated carbocycles. The molecule has 0 heterocycles. The second-order valence-corrected chi connectivity index (χ2v) is 5.37. The summed E-state index contributed by atoms with van der Waals surface area (Å²) in [4.78, 5) is 0. The molecular weight excluding hydrogens is 234 g/mol. The van der Waals surface area contributed by atoms with Crippen molar-refractivity contribution in [2.45, 2.75) is 65.2 Å². The van der Waals surface area contributed by atoms with Crippen molar-refractivity contribution in [2.24, 2.45) is 0 Å². The molecule has 0 bridgehead atoms. The third-order valence-corrected chi connectivity index (χ3v) is 3.22. The summed E-state index contributed by atoms with van der Waals surface area (Å²) in [6, 6.07) is 10.6. The molecule has 0 radical (unpaired) electrons. The zero-order chi connectivity index (χ0) is 13.9. The zero-order valence-corrected chi connectivity index (χ0v) is 12.7. The lowest BCUT2D eigenvalue weighted by Gasteiger charge is -2.18. The molecule has 108 valence electrons. The highest BCUT2D eigenvalue weighted by Gasteiger charge is 2.07. The molecule has 0 spiro atoms. The Hall–Kier alpha value is -0.860. The summed E-state index contributed by atoms with van der Waals surface area (Å²) in [6.07, 6.45) is 5.56. The SMILES string of the molecule is CCC(CCCCNCc1ccccc1)OC(C)C.